The van der Waals surface area contributed by atoms with Gasteiger partial charge in [-0.1, -0.05) is 55.5 Å². The van der Waals surface area contributed by atoms with Crippen LogP contribution < -0.4 is 15.2 Å². The molecule has 0 radical (unpaired) electrons. The van der Waals surface area contributed by atoms with Gasteiger partial charge in [-0.25, -0.2) is 0 Å². The summed E-state index contributed by atoms with van der Waals surface area (Å²) in [5.74, 6) is -1.06. The van der Waals surface area contributed by atoms with Crippen molar-refractivity contribution in [2.75, 3.05) is 16.3 Å². The summed E-state index contributed by atoms with van der Waals surface area (Å²) in [7, 11) is 0. The molecule has 1 atom stereocenters. The van der Waals surface area contributed by atoms with Crippen molar-refractivity contribution in [3.8, 4) is 0 Å². The van der Waals surface area contributed by atoms with Gasteiger partial charge in [-0.05, 0) is 31.0 Å². The van der Waals surface area contributed by atoms with Gasteiger partial charge in [0.05, 0.1) is 16.6 Å². The van der Waals surface area contributed by atoms with Gasteiger partial charge >= 0.3 is 0 Å². The number of para-hydroxylation sites is 2. The highest BCUT2D eigenvalue weighted by Gasteiger charge is 2.66. The zero-order valence-electron chi connectivity index (χ0n) is 18.6. The van der Waals surface area contributed by atoms with E-state index in [-0.39, 0.29) is 22.4 Å². The van der Waals surface area contributed by atoms with E-state index in [2.05, 4.69) is 10.2 Å². The van der Waals surface area contributed by atoms with Crippen LogP contribution in [0.4, 0.5) is 10.8 Å². The maximum absolute atomic E-state index is 14.3. The van der Waals surface area contributed by atoms with Crippen LogP contribution in [-0.4, -0.2) is 28.6 Å². The van der Waals surface area contributed by atoms with Crippen LogP contribution >= 0.6 is 11.3 Å². The van der Waals surface area contributed by atoms with E-state index in [9.17, 15) is 14.4 Å². The van der Waals surface area contributed by atoms with Gasteiger partial charge < -0.3 is 9.32 Å². The van der Waals surface area contributed by atoms with Crippen molar-refractivity contribution < 1.29 is 14.0 Å². The Morgan fingerprint density at radius 3 is 2.53 bits per heavy atom. The Morgan fingerprint density at radius 2 is 1.76 bits per heavy atom. The summed E-state index contributed by atoms with van der Waals surface area (Å²) < 4.78 is 6.02. The minimum atomic E-state index is -1.70. The summed E-state index contributed by atoms with van der Waals surface area (Å²) >= 11 is 1.24. The van der Waals surface area contributed by atoms with Crippen LogP contribution in [0.25, 0.3) is 11.0 Å². The van der Waals surface area contributed by atoms with E-state index in [1.165, 1.54) is 16.2 Å². The fourth-order valence-corrected chi connectivity index (χ4v) is 5.86. The third-order valence-electron chi connectivity index (χ3n) is 6.43. The van der Waals surface area contributed by atoms with Gasteiger partial charge in [0.25, 0.3) is 11.8 Å². The number of amides is 2. The molecular formula is C25H20N4O4S. The minimum Gasteiger partial charge on any atom is -0.450 e. The number of fused-ring (bicyclic) bond motifs is 5. The number of rotatable bonds is 4. The molecule has 170 valence electrons. The van der Waals surface area contributed by atoms with Crippen molar-refractivity contribution in [3.63, 3.8) is 0 Å². The Hall–Kier alpha value is -3.85. The topological polar surface area (TPSA) is 96.6 Å². The first-order valence-corrected chi connectivity index (χ1v) is 12.0. The quantitative estimate of drug-likeness (QED) is 0.447. The van der Waals surface area contributed by atoms with Crippen LogP contribution in [-0.2, 0) is 16.8 Å². The lowest BCUT2D eigenvalue weighted by atomic mass is 9.84. The standard InChI is InChI=1S/C25H20N4O4S/c1-3-13-28-16-11-7-6-10-15(16)25(23(28)32)19-20(30)14-9-5-8-12-17(14)33-21(19)22(31)29(25)24-27-26-18(4-2)34-24/h5-12H,3-4,13H2,1-2H3. The van der Waals surface area contributed by atoms with Crippen LogP contribution in [0.15, 0.2) is 57.7 Å². The molecule has 6 rings (SSSR count). The second-order valence-electron chi connectivity index (χ2n) is 8.29. The molecule has 34 heavy (non-hydrogen) atoms. The molecule has 1 unspecified atom stereocenters. The normalized spacial score (nSPS) is 18.9. The molecule has 2 aromatic carbocycles. The number of carbonyl (C=O) groups is 2. The monoisotopic (exact) mass is 472 g/mol. The molecule has 2 aliphatic rings. The smallest absolute Gasteiger partial charge is 0.297 e. The fraction of sp³-hybridized carbons (Fsp3) is 0.240. The molecule has 0 bridgehead atoms. The van der Waals surface area contributed by atoms with E-state index in [0.717, 1.165) is 5.01 Å². The second-order valence-corrected chi connectivity index (χ2v) is 9.33. The van der Waals surface area contributed by atoms with Gasteiger partial charge in [0, 0.05) is 12.1 Å². The van der Waals surface area contributed by atoms with E-state index < -0.39 is 16.9 Å². The van der Waals surface area contributed by atoms with Gasteiger partial charge in [-0.3, -0.25) is 19.3 Å². The molecule has 1 spiro atoms. The molecule has 0 fully saturated rings. The lowest BCUT2D eigenvalue weighted by Crippen LogP contribution is -2.53. The van der Waals surface area contributed by atoms with Crippen molar-refractivity contribution >= 4 is 44.9 Å². The highest BCUT2D eigenvalue weighted by Crippen LogP contribution is 2.54. The van der Waals surface area contributed by atoms with E-state index in [4.69, 9.17) is 4.42 Å². The molecule has 9 heteroatoms. The van der Waals surface area contributed by atoms with E-state index in [1.54, 1.807) is 35.2 Å². The molecule has 2 aromatic heterocycles. The molecule has 4 heterocycles. The molecule has 0 saturated carbocycles. The minimum absolute atomic E-state index is 0.0421. The lowest BCUT2D eigenvalue weighted by molar-refractivity contribution is -0.121. The van der Waals surface area contributed by atoms with Gasteiger partial charge in [0.15, 0.2) is 11.0 Å². The van der Waals surface area contributed by atoms with Crippen LogP contribution in [0.3, 0.4) is 0 Å². The van der Waals surface area contributed by atoms with Gasteiger partial charge in [0.2, 0.25) is 10.9 Å². The van der Waals surface area contributed by atoms with E-state index in [0.29, 0.717) is 41.6 Å². The van der Waals surface area contributed by atoms with Crippen molar-refractivity contribution in [2.24, 2.45) is 0 Å². The lowest BCUT2D eigenvalue weighted by Gasteiger charge is -2.32. The number of aryl methyl sites for hydroxylation is 1. The highest BCUT2D eigenvalue weighted by molar-refractivity contribution is 7.15. The Morgan fingerprint density at radius 1 is 1.00 bits per heavy atom. The Bertz CT molecular complexity index is 1560. The number of carbonyl (C=O) groups excluding carboxylic acids is 2. The molecule has 4 aromatic rings. The van der Waals surface area contributed by atoms with Gasteiger partial charge in [-0.2, -0.15) is 0 Å². The molecular weight excluding hydrogens is 452 g/mol. The van der Waals surface area contributed by atoms with Crippen LogP contribution in [0, 0.1) is 0 Å². The second kappa shape index (κ2) is 7.33. The number of anilines is 2. The Kier molecular flexibility index (Phi) is 4.47. The van der Waals surface area contributed by atoms with E-state index >= 15 is 0 Å². The first-order chi connectivity index (χ1) is 16.5. The maximum atomic E-state index is 14.3. The fourth-order valence-electron chi connectivity index (χ4n) is 5.03. The average molecular weight is 473 g/mol. The molecule has 0 N–H and O–H groups in total. The number of hydrogen-bond acceptors (Lipinski definition) is 7. The van der Waals surface area contributed by atoms with Crippen molar-refractivity contribution in [1.29, 1.82) is 0 Å². The van der Waals surface area contributed by atoms with Crippen molar-refractivity contribution in [2.45, 2.75) is 32.2 Å². The van der Waals surface area contributed by atoms with Gasteiger partial charge in [0.1, 0.15) is 10.6 Å². The Labute approximate surface area is 198 Å². The molecule has 0 saturated heterocycles. The third-order valence-corrected chi connectivity index (χ3v) is 7.48. The SMILES string of the molecule is CCCN1C(=O)C2(c3ccccc31)c1c(oc3ccccc3c1=O)C(=O)N2c1nnc(CC)s1. The Balaban J connectivity index is 1.76. The van der Waals surface area contributed by atoms with Crippen LogP contribution in [0.2, 0.25) is 0 Å². The zero-order chi connectivity index (χ0) is 23.6. The highest BCUT2D eigenvalue weighted by atomic mass is 32.1. The van der Waals surface area contributed by atoms with Crippen LogP contribution in [0.1, 0.15) is 47.0 Å². The van der Waals surface area contributed by atoms with E-state index in [1.807, 2.05) is 32.0 Å². The summed E-state index contributed by atoms with van der Waals surface area (Å²) in [6, 6.07) is 14.1. The summed E-state index contributed by atoms with van der Waals surface area (Å²) in [5.41, 5.74) is -0.515. The summed E-state index contributed by atoms with van der Waals surface area (Å²) in [5, 5.41) is 9.75. The largest absolute Gasteiger partial charge is 0.450 e. The molecule has 2 aliphatic heterocycles. The number of hydrogen-bond donors (Lipinski definition) is 0. The average Bonchev–Trinajstić information content (AvgIpc) is 3.49. The third kappa shape index (κ3) is 2.44. The molecule has 2 amide bonds. The predicted molar refractivity (Wildman–Crippen MR) is 128 cm³/mol. The summed E-state index contributed by atoms with van der Waals surface area (Å²) in [6.07, 6.45) is 1.34. The molecule has 8 nitrogen and oxygen atoms in total. The molecule has 0 aliphatic carbocycles. The summed E-state index contributed by atoms with van der Waals surface area (Å²) in [6.45, 7) is 4.37. The van der Waals surface area contributed by atoms with Crippen LogP contribution in [0.5, 0.6) is 0 Å². The number of aromatic nitrogens is 2. The zero-order valence-corrected chi connectivity index (χ0v) is 19.4. The van der Waals surface area contributed by atoms with Crippen molar-refractivity contribution in [1.82, 2.24) is 10.2 Å². The first kappa shape index (κ1) is 20.7. The van der Waals surface area contributed by atoms with Gasteiger partial charge in [-0.15, -0.1) is 10.2 Å². The summed E-state index contributed by atoms with van der Waals surface area (Å²) in [4.78, 5) is 45.2. The predicted octanol–water partition coefficient (Wildman–Crippen LogP) is 3.87. The van der Waals surface area contributed by atoms with Crippen molar-refractivity contribution in [3.05, 3.63) is 80.6 Å². The number of nitrogens with zero attached hydrogens (tertiary/aromatic N) is 4. The first-order valence-electron chi connectivity index (χ1n) is 11.2. The maximum Gasteiger partial charge on any atom is 0.297 e. The number of benzene rings is 2.